The summed E-state index contributed by atoms with van der Waals surface area (Å²) < 4.78 is 19.3. The molecule has 1 aliphatic heterocycles. The third-order valence-electron chi connectivity index (χ3n) is 9.24. The molecule has 1 fully saturated rings. The predicted molar refractivity (Wildman–Crippen MR) is 173 cm³/mol. The van der Waals surface area contributed by atoms with Gasteiger partial charge in [0.2, 0.25) is 5.79 Å². The van der Waals surface area contributed by atoms with Gasteiger partial charge in [-0.3, -0.25) is 4.90 Å². The van der Waals surface area contributed by atoms with Gasteiger partial charge in [0.1, 0.15) is 31.3 Å². The van der Waals surface area contributed by atoms with Gasteiger partial charge in [0, 0.05) is 37.7 Å². The monoisotopic (exact) mass is 648 g/mol. The number of aliphatic hydroxyl groups is 2. The van der Waals surface area contributed by atoms with Gasteiger partial charge in [-0.05, 0) is 67.7 Å². The van der Waals surface area contributed by atoms with Crippen molar-refractivity contribution in [2.45, 2.75) is 76.0 Å². The Morgan fingerprint density at radius 3 is 2.64 bits per heavy atom. The van der Waals surface area contributed by atoms with Gasteiger partial charge in [0.25, 0.3) is 0 Å². The molecule has 0 bridgehead atoms. The molecule has 1 saturated carbocycles. The summed E-state index contributed by atoms with van der Waals surface area (Å²) in [6.07, 6.45) is 9.09. The largest absolute Gasteiger partial charge is 0.508 e. The zero-order chi connectivity index (χ0) is 32.4. The molecule has 4 rings (SSSR count). The molecule has 0 radical (unpaired) electrons. The number of rotatable bonds is 17. The number of fused-ring (bicyclic) bond motifs is 2. The fourth-order valence-electron chi connectivity index (χ4n) is 7.59. The van der Waals surface area contributed by atoms with Crippen LogP contribution in [-0.2, 0) is 14.3 Å². The van der Waals surface area contributed by atoms with Gasteiger partial charge < -0.3 is 34.4 Å². The minimum Gasteiger partial charge on any atom is -0.508 e. The minimum absolute atomic E-state index is 0.0650. The second-order valence-electron chi connectivity index (χ2n) is 12.0. The molecule has 1 aromatic carbocycles. The molecule has 45 heavy (non-hydrogen) atoms. The van der Waals surface area contributed by atoms with Crippen LogP contribution in [0.4, 0.5) is 4.79 Å². The highest BCUT2D eigenvalue weighted by molar-refractivity contribution is 6.18. The normalized spacial score (nSPS) is 27.5. The highest BCUT2D eigenvalue weighted by Crippen LogP contribution is 2.61. The van der Waals surface area contributed by atoms with Gasteiger partial charge in [-0.25, -0.2) is 4.79 Å². The first kappa shape index (κ1) is 35.1. The Morgan fingerprint density at radius 2 is 1.98 bits per heavy atom. The highest BCUT2D eigenvalue weighted by atomic mass is 35.5. The van der Waals surface area contributed by atoms with Crippen molar-refractivity contribution in [2.75, 3.05) is 46.0 Å². The van der Waals surface area contributed by atoms with E-state index < -0.39 is 23.8 Å². The number of allylic oxidation sites excluding steroid dienone is 1. The molecule has 0 unspecified atom stereocenters. The number of phenolic OH excluding ortho intramolecular Hbond substituents is 1. The summed E-state index contributed by atoms with van der Waals surface area (Å²) in [7, 11) is 1.51. The van der Waals surface area contributed by atoms with E-state index in [2.05, 4.69) is 17.8 Å². The van der Waals surface area contributed by atoms with Gasteiger partial charge >= 0.3 is 6.09 Å². The van der Waals surface area contributed by atoms with Crippen LogP contribution in [0.15, 0.2) is 47.7 Å². The number of unbranched alkanes of at least 4 members (excludes halogenated alkanes) is 2. The number of carbonyl (C=O) groups excluding carboxylic acids is 1. The summed E-state index contributed by atoms with van der Waals surface area (Å²) in [5.41, 5.74) is 2.51. The molecule has 0 spiro atoms. The number of hydrogen-bond acceptors (Lipinski definition) is 9. The van der Waals surface area contributed by atoms with Crippen molar-refractivity contribution >= 4 is 23.4 Å². The first-order valence-corrected chi connectivity index (χ1v) is 16.7. The lowest BCUT2D eigenvalue weighted by Crippen LogP contribution is -2.70. The van der Waals surface area contributed by atoms with Crippen LogP contribution in [0.1, 0.15) is 69.8 Å². The van der Waals surface area contributed by atoms with E-state index in [1.165, 1.54) is 7.11 Å². The molecular formula is C34H49ClN2O8. The Balaban J connectivity index is 1.99. The summed E-state index contributed by atoms with van der Waals surface area (Å²) in [5.74, 6) is -0.854. The van der Waals surface area contributed by atoms with Gasteiger partial charge in [0.15, 0.2) is 0 Å². The number of halogens is 1. The van der Waals surface area contributed by atoms with Gasteiger partial charge in [-0.1, -0.05) is 37.1 Å². The second kappa shape index (κ2) is 16.7. The number of phenols is 1. The number of amides is 1. The SMILES string of the molecule is C=CCO[C@@]12Oc3ccc(O)cc3[C@H]3[C@H](CCCCO)[C@@H](CCCCO)C=C(C(=NOC)C[C@@H]1N(CCC)C(=O)OCCCl)[C@H]32. The van der Waals surface area contributed by atoms with Crippen LogP contribution in [0, 0.1) is 17.8 Å². The molecule has 0 aromatic heterocycles. The molecule has 0 saturated heterocycles. The fourth-order valence-corrected chi connectivity index (χ4v) is 7.67. The molecular weight excluding hydrogens is 600 g/mol. The molecule has 2 aliphatic carbocycles. The van der Waals surface area contributed by atoms with Crippen LogP contribution < -0.4 is 4.74 Å². The molecule has 6 atom stereocenters. The predicted octanol–water partition coefficient (Wildman–Crippen LogP) is 5.74. The van der Waals surface area contributed by atoms with E-state index in [0.29, 0.717) is 43.7 Å². The summed E-state index contributed by atoms with van der Waals surface area (Å²) in [6.45, 7) is 6.76. The Bertz CT molecular complexity index is 1210. The summed E-state index contributed by atoms with van der Waals surface area (Å²) in [5, 5.41) is 34.5. The highest BCUT2D eigenvalue weighted by Gasteiger charge is 2.65. The van der Waals surface area contributed by atoms with Crippen molar-refractivity contribution in [1.29, 1.82) is 0 Å². The Hall–Kier alpha value is -2.79. The quantitative estimate of drug-likeness (QED) is 0.0844. The lowest BCUT2D eigenvalue weighted by atomic mass is 9.55. The Morgan fingerprint density at radius 1 is 1.22 bits per heavy atom. The molecule has 10 nitrogen and oxygen atoms in total. The average Bonchev–Trinajstić information content (AvgIpc) is 3.04. The molecule has 1 heterocycles. The number of aliphatic hydroxyl groups excluding tert-OH is 2. The Kier molecular flexibility index (Phi) is 13.0. The summed E-state index contributed by atoms with van der Waals surface area (Å²) in [4.78, 5) is 20.8. The number of oxime groups is 1. The molecule has 3 aliphatic rings. The third-order valence-corrected chi connectivity index (χ3v) is 9.39. The van der Waals surface area contributed by atoms with Crippen molar-refractivity contribution in [3.63, 3.8) is 0 Å². The van der Waals surface area contributed by atoms with E-state index in [-0.39, 0.29) is 55.8 Å². The maximum atomic E-state index is 13.7. The number of nitrogens with zero attached hydrogens (tertiary/aromatic N) is 2. The first-order valence-electron chi connectivity index (χ1n) is 16.2. The van der Waals surface area contributed by atoms with E-state index in [9.17, 15) is 20.1 Å². The summed E-state index contributed by atoms with van der Waals surface area (Å²) >= 11 is 5.90. The third kappa shape index (κ3) is 7.45. The number of alkyl halides is 1. The zero-order valence-electron chi connectivity index (χ0n) is 26.5. The lowest BCUT2D eigenvalue weighted by molar-refractivity contribution is -0.255. The Labute approximate surface area is 271 Å². The van der Waals surface area contributed by atoms with Crippen LogP contribution >= 0.6 is 11.6 Å². The van der Waals surface area contributed by atoms with E-state index in [4.69, 9.17) is 30.6 Å². The van der Waals surface area contributed by atoms with Crippen molar-refractivity contribution < 1.29 is 39.2 Å². The molecule has 3 N–H and O–H groups in total. The number of hydrogen-bond donors (Lipinski definition) is 3. The smallest absolute Gasteiger partial charge is 0.410 e. The van der Waals surface area contributed by atoms with Crippen molar-refractivity contribution in [1.82, 2.24) is 4.90 Å². The van der Waals surface area contributed by atoms with Gasteiger partial charge in [-0.2, -0.15) is 0 Å². The van der Waals surface area contributed by atoms with Gasteiger partial charge in [-0.15, -0.1) is 18.2 Å². The average molecular weight is 649 g/mol. The van der Waals surface area contributed by atoms with Crippen LogP contribution in [0.3, 0.4) is 0 Å². The number of aromatic hydroxyl groups is 1. The number of ether oxygens (including phenoxy) is 3. The molecule has 1 amide bonds. The fraction of sp³-hybridized carbons (Fsp3) is 0.647. The number of carbonyl (C=O) groups is 1. The van der Waals surface area contributed by atoms with Crippen molar-refractivity contribution in [3.05, 3.63) is 48.1 Å². The molecule has 250 valence electrons. The lowest BCUT2D eigenvalue weighted by Gasteiger charge is -2.59. The zero-order valence-corrected chi connectivity index (χ0v) is 27.3. The number of benzene rings is 1. The van der Waals surface area contributed by atoms with E-state index in [0.717, 1.165) is 36.8 Å². The summed E-state index contributed by atoms with van der Waals surface area (Å²) in [6, 6.07) is 4.51. The standard InChI is InChI=1S/C34H49ClN2O8/c1-4-15-37(33(41)43-19-14-35)30-22-28(36-42-3)26-20-23(10-6-8-16-38)25(11-7-9-17-39)31-27-21-24(40)12-13-29(27)45-34(30,32(26)31)44-18-5-2/h5,12-13,20-21,23,25,30-32,38-40H,2,4,6-11,14-19,22H2,1,3H3/t23-,25+,30-,31+,32+,34+/m0/s1. The minimum atomic E-state index is -1.35. The van der Waals surface area contributed by atoms with E-state index in [1.54, 1.807) is 29.2 Å². The van der Waals surface area contributed by atoms with Crippen molar-refractivity contribution in [2.24, 2.45) is 22.9 Å². The maximum absolute atomic E-state index is 13.7. The molecule has 1 aromatic rings. The van der Waals surface area contributed by atoms with E-state index in [1.807, 2.05) is 6.92 Å². The van der Waals surface area contributed by atoms with Gasteiger partial charge in [0.05, 0.1) is 24.1 Å². The van der Waals surface area contributed by atoms with E-state index >= 15 is 0 Å². The van der Waals surface area contributed by atoms with Crippen LogP contribution in [0.2, 0.25) is 0 Å². The topological polar surface area (TPSA) is 130 Å². The second-order valence-corrected chi connectivity index (χ2v) is 12.4. The van der Waals surface area contributed by atoms with Crippen LogP contribution in [0.25, 0.3) is 0 Å². The van der Waals surface area contributed by atoms with Crippen LogP contribution in [-0.4, -0.2) is 89.8 Å². The maximum Gasteiger partial charge on any atom is 0.410 e. The molecule has 11 heteroatoms. The van der Waals surface area contributed by atoms with Crippen molar-refractivity contribution in [3.8, 4) is 11.5 Å². The first-order chi connectivity index (χ1) is 21.9. The van der Waals surface area contributed by atoms with Crippen LogP contribution in [0.5, 0.6) is 11.5 Å².